The molecule has 41 heavy (non-hydrogen) atoms. The number of benzene rings is 2. The molecule has 0 aliphatic carbocycles. The van der Waals surface area contributed by atoms with Crippen molar-refractivity contribution >= 4 is 27.8 Å². The third-order valence-corrected chi connectivity index (χ3v) is 7.29. The van der Waals surface area contributed by atoms with E-state index >= 15 is 0 Å². The van der Waals surface area contributed by atoms with E-state index in [1.807, 2.05) is 52.0 Å². The molecule has 4 heterocycles. The number of pyridine rings is 2. The molecule has 3 aromatic heterocycles. The highest BCUT2D eigenvalue weighted by molar-refractivity contribution is 6.08. The van der Waals surface area contributed by atoms with Crippen LogP contribution in [0.4, 0.5) is 0 Å². The summed E-state index contributed by atoms with van der Waals surface area (Å²) in [6, 6.07) is 11.0. The van der Waals surface area contributed by atoms with Gasteiger partial charge in [-0.3, -0.25) is 9.78 Å². The molecule has 5 aromatic rings. The summed E-state index contributed by atoms with van der Waals surface area (Å²) in [4.78, 5) is 39.0. The molecule has 0 saturated heterocycles. The molecule has 0 saturated carbocycles. The monoisotopic (exact) mass is 550 g/mol. The van der Waals surface area contributed by atoms with Crippen molar-refractivity contribution < 1.29 is 19.4 Å². The standard InChI is InChI=1S/C32H30N4O5/c1-18-13-23-21(6-8-25(37)36(23)16-19-14-33-17-34-15-19)28(26(18)30(31(38)39)41-32(2,3)4)22-5-7-24-27-20(10-12-40-24)9-11-35-29(22)27/h5-9,11,13-15,17,30H,10,12,16H2,1-4H3,(H,38,39)/t30-/m0/s1. The first-order valence-corrected chi connectivity index (χ1v) is 13.5. The lowest BCUT2D eigenvalue weighted by Gasteiger charge is -2.29. The first-order chi connectivity index (χ1) is 19.6. The Bertz CT molecular complexity index is 1870. The van der Waals surface area contributed by atoms with Crippen LogP contribution in [0.2, 0.25) is 0 Å². The van der Waals surface area contributed by atoms with Crippen molar-refractivity contribution in [2.75, 3.05) is 6.61 Å². The normalized spacial score (nSPS) is 13.8. The lowest BCUT2D eigenvalue weighted by molar-refractivity contribution is -0.160. The first kappa shape index (κ1) is 26.6. The van der Waals surface area contributed by atoms with Crippen LogP contribution in [0.3, 0.4) is 0 Å². The maximum absolute atomic E-state index is 13.2. The fourth-order valence-electron chi connectivity index (χ4n) is 5.66. The number of rotatable bonds is 6. The minimum Gasteiger partial charge on any atom is -0.493 e. The van der Waals surface area contributed by atoms with E-state index in [2.05, 4.69) is 9.97 Å². The number of fused-ring (bicyclic) bond motifs is 1. The van der Waals surface area contributed by atoms with Crippen LogP contribution in [-0.2, 0) is 22.5 Å². The number of aliphatic carboxylic acids is 1. The average Bonchev–Trinajstić information content (AvgIpc) is 2.94. The second-order valence-corrected chi connectivity index (χ2v) is 11.3. The Morgan fingerprint density at radius 1 is 1.15 bits per heavy atom. The number of nitrogens with zero attached hydrogens (tertiary/aromatic N) is 4. The molecule has 1 aliphatic heterocycles. The Labute approximate surface area is 236 Å². The number of aryl methyl sites for hydroxylation is 1. The molecule has 1 atom stereocenters. The van der Waals surface area contributed by atoms with Crippen LogP contribution in [0.15, 0.2) is 66.1 Å². The highest BCUT2D eigenvalue weighted by atomic mass is 16.5. The number of carboxylic acid groups (broad SMARTS) is 1. The number of hydrogen-bond donors (Lipinski definition) is 1. The van der Waals surface area contributed by atoms with E-state index in [1.54, 1.807) is 29.2 Å². The van der Waals surface area contributed by atoms with Gasteiger partial charge in [-0.15, -0.1) is 0 Å². The smallest absolute Gasteiger partial charge is 0.337 e. The zero-order valence-electron chi connectivity index (χ0n) is 23.3. The van der Waals surface area contributed by atoms with Gasteiger partial charge in [-0.1, -0.05) is 0 Å². The number of carbonyl (C=O) groups is 1. The maximum atomic E-state index is 13.2. The van der Waals surface area contributed by atoms with Crippen LogP contribution < -0.4 is 10.3 Å². The van der Waals surface area contributed by atoms with Gasteiger partial charge in [0.2, 0.25) is 0 Å². The molecule has 9 nitrogen and oxygen atoms in total. The highest BCUT2D eigenvalue weighted by Gasteiger charge is 2.33. The van der Waals surface area contributed by atoms with Crippen molar-refractivity contribution in [2.45, 2.75) is 52.4 Å². The predicted octanol–water partition coefficient (Wildman–Crippen LogP) is 5.24. The number of ether oxygens (including phenoxy) is 2. The van der Waals surface area contributed by atoms with Crippen molar-refractivity contribution in [3.8, 4) is 16.9 Å². The van der Waals surface area contributed by atoms with E-state index in [-0.39, 0.29) is 12.1 Å². The molecular weight excluding hydrogens is 520 g/mol. The molecule has 0 fully saturated rings. The van der Waals surface area contributed by atoms with Gasteiger partial charge in [0.25, 0.3) is 5.56 Å². The Balaban J connectivity index is 1.73. The Hall–Kier alpha value is -4.63. The number of carboxylic acids is 1. The third kappa shape index (κ3) is 4.82. The molecule has 0 spiro atoms. The molecule has 2 aromatic carbocycles. The topological polar surface area (TPSA) is 116 Å². The van der Waals surface area contributed by atoms with Crippen LogP contribution >= 0.6 is 0 Å². The summed E-state index contributed by atoms with van der Waals surface area (Å²) in [5.41, 5.74) is 4.95. The van der Waals surface area contributed by atoms with E-state index in [4.69, 9.17) is 14.5 Å². The lowest BCUT2D eigenvalue weighted by Crippen LogP contribution is -2.28. The van der Waals surface area contributed by atoms with E-state index in [0.29, 0.717) is 39.7 Å². The van der Waals surface area contributed by atoms with Crippen molar-refractivity contribution in [3.63, 3.8) is 0 Å². The van der Waals surface area contributed by atoms with Crippen molar-refractivity contribution in [1.82, 2.24) is 19.5 Å². The number of hydrogen-bond acceptors (Lipinski definition) is 7. The van der Waals surface area contributed by atoms with Gasteiger partial charge in [-0.2, -0.15) is 0 Å². The van der Waals surface area contributed by atoms with Crippen LogP contribution in [-0.4, -0.2) is 42.8 Å². The van der Waals surface area contributed by atoms with Gasteiger partial charge in [0.15, 0.2) is 6.10 Å². The van der Waals surface area contributed by atoms with Crippen LogP contribution in [0, 0.1) is 6.92 Å². The van der Waals surface area contributed by atoms with Crippen molar-refractivity contribution in [2.24, 2.45) is 0 Å². The van der Waals surface area contributed by atoms with E-state index < -0.39 is 17.7 Å². The van der Waals surface area contributed by atoms with Gasteiger partial charge in [-0.25, -0.2) is 14.8 Å². The number of aromatic nitrogens is 4. The Morgan fingerprint density at radius 2 is 1.93 bits per heavy atom. The Morgan fingerprint density at radius 3 is 2.66 bits per heavy atom. The van der Waals surface area contributed by atoms with Gasteiger partial charge in [-0.05, 0) is 74.7 Å². The van der Waals surface area contributed by atoms with Crippen molar-refractivity contribution in [3.05, 3.63) is 93.9 Å². The zero-order chi connectivity index (χ0) is 28.9. The fraction of sp³-hybridized carbons (Fsp3) is 0.281. The second kappa shape index (κ2) is 10.1. The SMILES string of the molecule is Cc1cc2c(ccc(=O)n2Cc2cncnc2)c(-c2ccc3c4c(ccnc24)CCO3)c1[C@H](OC(C)(C)C)C(=O)O. The van der Waals surface area contributed by atoms with Gasteiger partial charge >= 0.3 is 5.97 Å². The fourth-order valence-corrected chi connectivity index (χ4v) is 5.66. The largest absolute Gasteiger partial charge is 0.493 e. The van der Waals surface area contributed by atoms with Crippen LogP contribution in [0.1, 0.15) is 49.1 Å². The van der Waals surface area contributed by atoms with Gasteiger partial charge in [0.05, 0.1) is 29.8 Å². The molecule has 6 rings (SSSR count). The molecule has 208 valence electrons. The summed E-state index contributed by atoms with van der Waals surface area (Å²) in [6.45, 7) is 8.20. The van der Waals surface area contributed by atoms with Crippen molar-refractivity contribution in [1.29, 1.82) is 0 Å². The molecule has 0 radical (unpaired) electrons. The Kier molecular flexibility index (Phi) is 6.54. The summed E-state index contributed by atoms with van der Waals surface area (Å²) < 4.78 is 13.8. The summed E-state index contributed by atoms with van der Waals surface area (Å²) in [7, 11) is 0. The minimum atomic E-state index is -1.26. The van der Waals surface area contributed by atoms with E-state index in [1.165, 1.54) is 12.4 Å². The van der Waals surface area contributed by atoms with E-state index in [9.17, 15) is 14.7 Å². The van der Waals surface area contributed by atoms with Gasteiger partial charge < -0.3 is 19.1 Å². The molecule has 0 amide bonds. The predicted molar refractivity (Wildman–Crippen MR) is 155 cm³/mol. The zero-order valence-corrected chi connectivity index (χ0v) is 23.3. The van der Waals surface area contributed by atoms with Crippen LogP contribution in [0.25, 0.3) is 32.9 Å². The van der Waals surface area contributed by atoms with Crippen LogP contribution in [0.5, 0.6) is 5.75 Å². The average molecular weight is 551 g/mol. The van der Waals surface area contributed by atoms with Gasteiger partial charge in [0, 0.05) is 58.5 Å². The summed E-state index contributed by atoms with van der Waals surface area (Å²) in [5.74, 6) is -0.351. The highest BCUT2D eigenvalue weighted by Crippen LogP contribution is 2.45. The third-order valence-electron chi connectivity index (χ3n) is 7.29. The summed E-state index contributed by atoms with van der Waals surface area (Å²) in [5, 5.41) is 12.1. The molecule has 9 heteroatoms. The summed E-state index contributed by atoms with van der Waals surface area (Å²) >= 11 is 0. The second-order valence-electron chi connectivity index (χ2n) is 11.3. The maximum Gasteiger partial charge on any atom is 0.337 e. The molecule has 1 aliphatic rings. The molecule has 1 N–H and O–H groups in total. The quantitative estimate of drug-likeness (QED) is 0.305. The van der Waals surface area contributed by atoms with E-state index in [0.717, 1.165) is 34.2 Å². The molecule has 0 unspecified atom stereocenters. The van der Waals surface area contributed by atoms with Gasteiger partial charge in [0.1, 0.15) is 12.1 Å². The lowest BCUT2D eigenvalue weighted by atomic mass is 9.86. The summed E-state index contributed by atoms with van der Waals surface area (Å²) in [6.07, 6.45) is 6.06. The minimum absolute atomic E-state index is 0.191. The molecular formula is C32H30N4O5. The first-order valence-electron chi connectivity index (χ1n) is 13.5. The molecule has 0 bridgehead atoms.